The number of aromatic nitrogens is 2. The molecule has 3 aliphatic rings. The smallest absolute Gasteiger partial charge is 0.329 e. The van der Waals surface area contributed by atoms with Crippen molar-refractivity contribution in [3.05, 3.63) is 36.2 Å². The van der Waals surface area contributed by atoms with Crippen molar-refractivity contribution in [1.29, 1.82) is 0 Å². The first-order valence-electron chi connectivity index (χ1n) is 11.1. The summed E-state index contributed by atoms with van der Waals surface area (Å²) in [5.74, 6) is -4.49. The number of carbonyl (C=O) groups is 3. The summed E-state index contributed by atoms with van der Waals surface area (Å²) < 4.78 is 28.6. The van der Waals surface area contributed by atoms with E-state index < -0.39 is 29.4 Å². The van der Waals surface area contributed by atoms with E-state index in [2.05, 4.69) is 15.3 Å². The predicted octanol–water partition coefficient (Wildman–Crippen LogP) is 2.32. The van der Waals surface area contributed by atoms with Crippen molar-refractivity contribution in [2.75, 3.05) is 13.1 Å². The number of aliphatic carboxylic acids is 1. The lowest BCUT2D eigenvalue weighted by atomic mass is 10.1. The van der Waals surface area contributed by atoms with Crippen molar-refractivity contribution in [3.63, 3.8) is 0 Å². The van der Waals surface area contributed by atoms with Gasteiger partial charge in [-0.25, -0.2) is 18.6 Å². The number of pyridine rings is 1. The number of aliphatic imine (C=N–C) groups is 1. The van der Waals surface area contributed by atoms with Crippen LogP contribution in [0.4, 0.5) is 8.78 Å². The number of piperidine rings is 1. The summed E-state index contributed by atoms with van der Waals surface area (Å²) in [6, 6.07) is 2.78. The summed E-state index contributed by atoms with van der Waals surface area (Å²) >= 11 is 0. The number of dihydropyridines is 1. The van der Waals surface area contributed by atoms with E-state index in [0.29, 0.717) is 41.6 Å². The monoisotopic (exact) mass is 471 g/mol. The Morgan fingerprint density at radius 3 is 2.50 bits per heavy atom. The number of rotatable bonds is 5. The molecule has 9 nitrogen and oxygen atoms in total. The van der Waals surface area contributed by atoms with Crippen LogP contribution in [0.2, 0.25) is 0 Å². The number of likely N-dealkylation sites (tertiary alicyclic amines) is 1. The molecule has 1 unspecified atom stereocenters. The first kappa shape index (κ1) is 22.2. The largest absolute Gasteiger partial charge is 0.480 e. The van der Waals surface area contributed by atoms with Gasteiger partial charge in [0, 0.05) is 49.9 Å². The number of alkyl halides is 2. The van der Waals surface area contributed by atoms with E-state index in [1.165, 1.54) is 11.1 Å². The molecule has 5 rings (SSSR count). The Hall–Kier alpha value is -3.63. The summed E-state index contributed by atoms with van der Waals surface area (Å²) in [5.41, 5.74) is 0.473. The van der Waals surface area contributed by atoms with Crippen LogP contribution in [-0.2, 0) is 9.59 Å². The average molecular weight is 471 g/mol. The lowest BCUT2D eigenvalue weighted by Gasteiger charge is -2.31. The van der Waals surface area contributed by atoms with E-state index in [1.54, 1.807) is 29.1 Å². The molecule has 1 saturated carbocycles. The quantitative estimate of drug-likeness (QED) is 0.694. The molecule has 1 saturated heterocycles. The van der Waals surface area contributed by atoms with Gasteiger partial charge in [0.25, 0.3) is 11.8 Å². The lowest BCUT2D eigenvalue weighted by Crippen LogP contribution is -2.47. The maximum absolute atomic E-state index is 13.4. The highest BCUT2D eigenvalue weighted by atomic mass is 19.3. The number of carbonyl (C=O) groups excluding carboxylic acids is 2. The van der Waals surface area contributed by atoms with Crippen LogP contribution in [0.25, 0.3) is 16.7 Å². The zero-order valence-corrected chi connectivity index (χ0v) is 18.2. The van der Waals surface area contributed by atoms with Gasteiger partial charge in [0.2, 0.25) is 5.91 Å². The highest BCUT2D eigenvalue weighted by Gasteiger charge is 2.52. The van der Waals surface area contributed by atoms with Crippen LogP contribution >= 0.6 is 0 Å². The number of nitrogens with zero attached hydrogens (tertiary/aromatic N) is 4. The number of halogens is 2. The minimum atomic E-state index is -2.72. The molecule has 1 atom stereocenters. The van der Waals surface area contributed by atoms with Gasteiger partial charge >= 0.3 is 5.97 Å². The Labute approximate surface area is 193 Å². The molecule has 0 spiro atoms. The van der Waals surface area contributed by atoms with Crippen LogP contribution in [-0.4, -0.2) is 74.1 Å². The van der Waals surface area contributed by atoms with Crippen LogP contribution < -0.4 is 5.32 Å². The summed E-state index contributed by atoms with van der Waals surface area (Å²) in [4.78, 5) is 46.6. The third-order valence-electron chi connectivity index (χ3n) is 6.60. The van der Waals surface area contributed by atoms with Gasteiger partial charge in [-0.15, -0.1) is 0 Å². The summed E-state index contributed by atoms with van der Waals surface area (Å²) in [7, 11) is 0. The van der Waals surface area contributed by atoms with E-state index in [4.69, 9.17) is 0 Å². The first-order chi connectivity index (χ1) is 16.2. The van der Waals surface area contributed by atoms with Crippen molar-refractivity contribution in [1.82, 2.24) is 19.8 Å². The Morgan fingerprint density at radius 2 is 1.88 bits per heavy atom. The Kier molecular flexibility index (Phi) is 5.22. The molecule has 178 valence electrons. The SMILES string of the molecule is O=C(NC1(C(=O)O)CC1)C1CC=C(n2ccc3cc(C(=O)N4CCC(F)(F)CC4)cnc32)C=N1. The molecule has 1 aliphatic carbocycles. The van der Waals surface area contributed by atoms with E-state index in [1.807, 2.05) is 6.08 Å². The molecule has 0 radical (unpaired) electrons. The second-order valence-electron chi connectivity index (χ2n) is 9.01. The van der Waals surface area contributed by atoms with Crippen LogP contribution in [0, 0.1) is 0 Å². The second kappa shape index (κ2) is 8.00. The number of carboxylic acids is 1. The zero-order valence-electron chi connectivity index (χ0n) is 18.2. The minimum absolute atomic E-state index is 0.0105. The summed E-state index contributed by atoms with van der Waals surface area (Å²) in [6.45, 7) is 0.0210. The van der Waals surface area contributed by atoms with Gasteiger partial charge in [-0.1, -0.05) is 6.08 Å². The summed E-state index contributed by atoms with van der Waals surface area (Å²) in [6.07, 6.45) is 7.05. The minimum Gasteiger partial charge on any atom is -0.480 e. The molecule has 2 aliphatic heterocycles. The zero-order chi connectivity index (χ0) is 24.1. The Morgan fingerprint density at radius 1 is 1.15 bits per heavy atom. The third-order valence-corrected chi connectivity index (χ3v) is 6.60. The molecular formula is C23H23F2N5O4. The maximum atomic E-state index is 13.4. The van der Waals surface area contributed by atoms with E-state index in [0.717, 1.165) is 0 Å². The molecule has 0 aromatic carbocycles. The molecule has 2 N–H and O–H groups in total. The molecule has 4 heterocycles. The van der Waals surface area contributed by atoms with Gasteiger partial charge in [0.15, 0.2) is 0 Å². The topological polar surface area (TPSA) is 117 Å². The molecular weight excluding hydrogens is 448 g/mol. The maximum Gasteiger partial charge on any atom is 0.329 e. The highest BCUT2D eigenvalue weighted by Crippen LogP contribution is 2.36. The van der Waals surface area contributed by atoms with Crippen molar-refractivity contribution in [2.45, 2.75) is 49.6 Å². The van der Waals surface area contributed by atoms with Crippen molar-refractivity contribution in [2.24, 2.45) is 4.99 Å². The number of hydrogen-bond donors (Lipinski definition) is 2. The number of amides is 2. The number of hydrogen-bond acceptors (Lipinski definition) is 5. The van der Waals surface area contributed by atoms with Gasteiger partial charge in [0.1, 0.15) is 17.2 Å². The standard InChI is InChI=1S/C23H23F2N5O4/c24-23(25)6-9-29(10-7-23)20(32)15-11-14-3-8-30(18(14)27-12-15)16-1-2-17(26-13-16)19(31)28-22(4-5-22)21(33)34/h1,3,8,11-13,17H,2,4-7,9-10H2,(H,28,31)(H,33,34). The first-order valence-corrected chi connectivity index (χ1v) is 11.1. The number of allylic oxidation sites excluding steroid dienone is 1. The highest BCUT2D eigenvalue weighted by molar-refractivity contribution is 6.07. The number of carboxylic acid groups (broad SMARTS) is 1. The van der Waals surface area contributed by atoms with E-state index in [9.17, 15) is 28.3 Å². The van der Waals surface area contributed by atoms with Crippen LogP contribution in [0.3, 0.4) is 0 Å². The molecule has 2 amide bonds. The van der Waals surface area contributed by atoms with Gasteiger partial charge in [-0.3, -0.25) is 14.6 Å². The Bertz CT molecular complexity index is 1240. The molecule has 2 aromatic rings. The third kappa shape index (κ3) is 4.06. The van der Waals surface area contributed by atoms with Crippen molar-refractivity contribution < 1.29 is 28.3 Å². The second-order valence-corrected chi connectivity index (χ2v) is 9.01. The van der Waals surface area contributed by atoms with Gasteiger partial charge in [0.05, 0.1) is 11.3 Å². The fourth-order valence-electron chi connectivity index (χ4n) is 4.25. The lowest BCUT2D eigenvalue weighted by molar-refractivity contribution is -0.143. The van der Waals surface area contributed by atoms with Gasteiger partial charge in [-0.05, 0) is 31.4 Å². The fourth-order valence-corrected chi connectivity index (χ4v) is 4.25. The molecule has 11 heteroatoms. The van der Waals surface area contributed by atoms with Crippen molar-refractivity contribution in [3.8, 4) is 0 Å². The van der Waals surface area contributed by atoms with Crippen LogP contribution in [0.5, 0.6) is 0 Å². The van der Waals surface area contributed by atoms with E-state index in [-0.39, 0.29) is 31.8 Å². The predicted molar refractivity (Wildman–Crippen MR) is 119 cm³/mol. The molecule has 2 aromatic heterocycles. The number of fused-ring (bicyclic) bond motifs is 1. The number of nitrogens with one attached hydrogen (secondary N) is 1. The molecule has 34 heavy (non-hydrogen) atoms. The molecule has 2 fully saturated rings. The van der Waals surface area contributed by atoms with Gasteiger partial charge < -0.3 is 19.9 Å². The molecule has 0 bridgehead atoms. The van der Waals surface area contributed by atoms with Crippen LogP contribution in [0.15, 0.2) is 35.6 Å². The van der Waals surface area contributed by atoms with E-state index >= 15 is 0 Å². The van der Waals surface area contributed by atoms with Crippen molar-refractivity contribution >= 4 is 40.7 Å². The Balaban J connectivity index is 1.27. The van der Waals surface area contributed by atoms with Crippen LogP contribution in [0.1, 0.15) is 42.5 Å². The average Bonchev–Trinajstić information content (AvgIpc) is 3.49. The fraction of sp³-hybridized carbons (Fsp3) is 0.435. The normalized spacial score (nSPS) is 22.8. The van der Waals surface area contributed by atoms with Gasteiger partial charge in [-0.2, -0.15) is 0 Å². The summed E-state index contributed by atoms with van der Waals surface area (Å²) in [5, 5.41) is 12.5.